The van der Waals surface area contributed by atoms with Gasteiger partial charge in [0.25, 0.3) is 0 Å². The summed E-state index contributed by atoms with van der Waals surface area (Å²) in [6, 6.07) is 7.36. The minimum atomic E-state index is 0.554. The van der Waals surface area contributed by atoms with E-state index in [0.717, 1.165) is 64.1 Å². The highest BCUT2D eigenvalue weighted by Gasteiger charge is 2.15. The molecule has 2 rings (SSSR count). The Morgan fingerprint density at radius 1 is 1.27 bits per heavy atom. The van der Waals surface area contributed by atoms with Crippen LogP contribution < -0.4 is 15.4 Å². The van der Waals surface area contributed by atoms with E-state index >= 15 is 0 Å². The van der Waals surface area contributed by atoms with E-state index in [4.69, 9.17) is 25.8 Å². The molecule has 26 heavy (non-hydrogen) atoms. The van der Waals surface area contributed by atoms with Gasteiger partial charge in [0.2, 0.25) is 0 Å². The van der Waals surface area contributed by atoms with Crippen molar-refractivity contribution in [2.24, 2.45) is 10.9 Å². The van der Waals surface area contributed by atoms with Gasteiger partial charge in [0.15, 0.2) is 5.96 Å². The Labute approximate surface area is 161 Å². The molecule has 1 fully saturated rings. The van der Waals surface area contributed by atoms with Crippen molar-refractivity contribution in [2.45, 2.75) is 19.8 Å². The van der Waals surface area contributed by atoms with Crippen LogP contribution >= 0.6 is 11.6 Å². The Kier molecular flexibility index (Phi) is 10.2. The molecule has 1 saturated heterocycles. The second-order valence-electron chi connectivity index (χ2n) is 6.15. The summed E-state index contributed by atoms with van der Waals surface area (Å²) in [5.41, 5.74) is 0. The third-order valence-corrected chi connectivity index (χ3v) is 4.17. The molecule has 0 spiro atoms. The van der Waals surface area contributed by atoms with Gasteiger partial charge >= 0.3 is 0 Å². The summed E-state index contributed by atoms with van der Waals surface area (Å²) < 4.78 is 16.7. The topological polar surface area (TPSA) is 64.1 Å². The summed E-state index contributed by atoms with van der Waals surface area (Å²) >= 11 is 5.86. The van der Waals surface area contributed by atoms with Crippen molar-refractivity contribution >= 4 is 17.6 Å². The van der Waals surface area contributed by atoms with Crippen molar-refractivity contribution in [1.82, 2.24) is 10.6 Å². The summed E-state index contributed by atoms with van der Waals surface area (Å²) in [6.45, 7) is 8.07. The van der Waals surface area contributed by atoms with Gasteiger partial charge in [-0.15, -0.1) is 0 Å². The van der Waals surface area contributed by atoms with Gasteiger partial charge in [-0.3, -0.25) is 4.99 Å². The molecule has 1 heterocycles. The first-order valence-corrected chi connectivity index (χ1v) is 9.71. The molecule has 0 amide bonds. The number of ether oxygens (including phenoxy) is 3. The molecule has 0 saturated carbocycles. The highest BCUT2D eigenvalue weighted by Crippen LogP contribution is 2.15. The highest BCUT2D eigenvalue weighted by molar-refractivity contribution is 6.30. The molecule has 0 aromatic heterocycles. The number of hydrogen-bond donors (Lipinski definition) is 2. The lowest BCUT2D eigenvalue weighted by atomic mass is 10.1. The number of halogens is 1. The van der Waals surface area contributed by atoms with Gasteiger partial charge < -0.3 is 24.8 Å². The Bertz CT molecular complexity index is 519. The van der Waals surface area contributed by atoms with Crippen LogP contribution in [0, 0.1) is 5.92 Å². The maximum atomic E-state index is 5.86. The molecule has 1 aliphatic rings. The first kappa shape index (κ1) is 20.8. The van der Waals surface area contributed by atoms with Crippen LogP contribution in [-0.4, -0.2) is 58.6 Å². The van der Waals surface area contributed by atoms with Gasteiger partial charge in [0, 0.05) is 37.2 Å². The van der Waals surface area contributed by atoms with Gasteiger partial charge in [0.1, 0.15) is 12.4 Å². The lowest BCUT2D eigenvalue weighted by molar-refractivity contribution is 0.0893. The van der Waals surface area contributed by atoms with Crippen LogP contribution in [0.3, 0.4) is 0 Å². The maximum absolute atomic E-state index is 5.86. The molecule has 1 aromatic rings. The fourth-order valence-electron chi connectivity index (χ4n) is 2.53. The zero-order valence-corrected chi connectivity index (χ0v) is 16.3. The molecular weight excluding hydrogens is 354 g/mol. The largest absolute Gasteiger partial charge is 0.492 e. The third kappa shape index (κ3) is 8.74. The van der Waals surface area contributed by atoms with Crippen molar-refractivity contribution in [3.8, 4) is 5.75 Å². The Morgan fingerprint density at radius 2 is 2.12 bits per heavy atom. The number of hydrogen-bond acceptors (Lipinski definition) is 4. The number of nitrogens with zero attached hydrogens (tertiary/aromatic N) is 1. The van der Waals surface area contributed by atoms with Crippen LogP contribution in [0.5, 0.6) is 5.75 Å². The lowest BCUT2D eigenvalue weighted by Gasteiger charge is -2.12. The van der Waals surface area contributed by atoms with Crippen LogP contribution in [0.25, 0.3) is 0 Å². The van der Waals surface area contributed by atoms with Crippen LogP contribution in [0.4, 0.5) is 0 Å². The van der Waals surface area contributed by atoms with Crippen LogP contribution in [0.1, 0.15) is 19.8 Å². The Morgan fingerprint density at radius 3 is 2.85 bits per heavy atom. The second kappa shape index (κ2) is 12.8. The van der Waals surface area contributed by atoms with Crippen molar-refractivity contribution in [1.29, 1.82) is 0 Å². The number of rotatable bonds is 11. The Balaban J connectivity index is 1.55. The van der Waals surface area contributed by atoms with Crippen molar-refractivity contribution < 1.29 is 14.2 Å². The molecule has 0 aliphatic carbocycles. The van der Waals surface area contributed by atoms with E-state index in [0.29, 0.717) is 24.1 Å². The minimum Gasteiger partial charge on any atom is -0.492 e. The summed E-state index contributed by atoms with van der Waals surface area (Å²) in [5, 5.41) is 7.21. The first-order valence-electron chi connectivity index (χ1n) is 9.34. The summed E-state index contributed by atoms with van der Waals surface area (Å²) in [6.07, 6.45) is 2.02. The molecule has 2 N–H and O–H groups in total. The summed E-state index contributed by atoms with van der Waals surface area (Å²) in [7, 11) is 0. The summed E-state index contributed by atoms with van der Waals surface area (Å²) in [5.74, 6) is 2.18. The molecule has 1 aliphatic heterocycles. The monoisotopic (exact) mass is 383 g/mol. The number of nitrogens with one attached hydrogen (secondary N) is 2. The van der Waals surface area contributed by atoms with Gasteiger partial charge in [-0.1, -0.05) is 11.6 Å². The molecule has 1 aromatic carbocycles. The molecular formula is C19H30ClN3O3. The smallest absolute Gasteiger partial charge is 0.191 e. The standard InChI is InChI=1S/C19H30ClN3O3/c1-2-21-19(22-9-3-11-24-14-16-8-12-25-15-16)23-10-13-26-18-6-4-17(20)5-7-18/h4-7,16H,2-3,8-15H2,1H3,(H2,21,22,23). The highest BCUT2D eigenvalue weighted by atomic mass is 35.5. The number of guanidine groups is 1. The SMILES string of the molecule is CCNC(=NCCCOCC1CCOC1)NCCOc1ccc(Cl)cc1. The predicted octanol–water partition coefficient (Wildman–Crippen LogP) is 2.72. The van der Waals surface area contributed by atoms with E-state index in [1.807, 2.05) is 31.2 Å². The van der Waals surface area contributed by atoms with Gasteiger partial charge in [-0.25, -0.2) is 0 Å². The first-order chi connectivity index (χ1) is 12.8. The number of aliphatic imine (C=N–C) groups is 1. The van der Waals surface area contributed by atoms with E-state index in [2.05, 4.69) is 15.6 Å². The minimum absolute atomic E-state index is 0.554. The molecule has 146 valence electrons. The van der Waals surface area contributed by atoms with E-state index in [1.54, 1.807) is 0 Å². The van der Waals surface area contributed by atoms with Crippen molar-refractivity contribution in [3.05, 3.63) is 29.3 Å². The van der Waals surface area contributed by atoms with E-state index < -0.39 is 0 Å². The van der Waals surface area contributed by atoms with E-state index in [-0.39, 0.29) is 0 Å². The molecule has 6 nitrogen and oxygen atoms in total. The maximum Gasteiger partial charge on any atom is 0.191 e. The fraction of sp³-hybridized carbons (Fsp3) is 0.632. The molecule has 0 bridgehead atoms. The van der Waals surface area contributed by atoms with Crippen LogP contribution in [0.2, 0.25) is 5.02 Å². The van der Waals surface area contributed by atoms with Gasteiger partial charge in [-0.2, -0.15) is 0 Å². The number of benzene rings is 1. The molecule has 7 heteroatoms. The average Bonchev–Trinajstić information content (AvgIpc) is 3.16. The molecule has 0 radical (unpaired) electrons. The molecule has 1 unspecified atom stereocenters. The average molecular weight is 384 g/mol. The zero-order valence-electron chi connectivity index (χ0n) is 15.5. The zero-order chi connectivity index (χ0) is 18.5. The van der Waals surface area contributed by atoms with E-state index in [9.17, 15) is 0 Å². The fourth-order valence-corrected chi connectivity index (χ4v) is 2.66. The normalized spacial score (nSPS) is 17.3. The van der Waals surface area contributed by atoms with Crippen molar-refractivity contribution in [3.63, 3.8) is 0 Å². The molecule has 1 atom stereocenters. The Hall–Kier alpha value is -1.50. The van der Waals surface area contributed by atoms with Gasteiger partial charge in [0.05, 0.1) is 19.8 Å². The lowest BCUT2D eigenvalue weighted by Crippen LogP contribution is -2.39. The van der Waals surface area contributed by atoms with Crippen LogP contribution in [-0.2, 0) is 9.47 Å². The van der Waals surface area contributed by atoms with Crippen LogP contribution in [0.15, 0.2) is 29.3 Å². The van der Waals surface area contributed by atoms with Crippen molar-refractivity contribution in [2.75, 3.05) is 52.7 Å². The predicted molar refractivity (Wildman–Crippen MR) is 105 cm³/mol. The van der Waals surface area contributed by atoms with Gasteiger partial charge in [-0.05, 0) is 44.0 Å². The third-order valence-electron chi connectivity index (χ3n) is 3.92. The summed E-state index contributed by atoms with van der Waals surface area (Å²) in [4.78, 5) is 4.56. The quantitative estimate of drug-likeness (QED) is 0.349. The second-order valence-corrected chi connectivity index (χ2v) is 6.58. The van der Waals surface area contributed by atoms with E-state index in [1.165, 1.54) is 0 Å².